The van der Waals surface area contributed by atoms with Gasteiger partial charge >= 0.3 is 0 Å². The number of hydrogen-bond acceptors (Lipinski definition) is 4. The molecule has 2 rings (SSSR count). The molecule has 0 spiro atoms. The van der Waals surface area contributed by atoms with Crippen LogP contribution in [0, 0.1) is 0 Å². The fraction of sp³-hybridized carbons (Fsp3) is 0.556. The molecular weight excluding hydrogens is 182 g/mol. The van der Waals surface area contributed by atoms with Gasteiger partial charge in [0.15, 0.2) is 0 Å². The second kappa shape index (κ2) is 3.96. The minimum Gasteiger partial charge on any atom is -0.382 e. The smallest absolute Gasteiger partial charge is 0.146 e. The van der Waals surface area contributed by atoms with Crippen LogP contribution >= 0.6 is 11.8 Å². The fourth-order valence-electron chi connectivity index (χ4n) is 1.50. The number of hydrogen-bond donors (Lipinski definition) is 1. The van der Waals surface area contributed by atoms with E-state index in [0.717, 1.165) is 5.69 Å². The maximum atomic E-state index is 5.48. The van der Waals surface area contributed by atoms with E-state index in [9.17, 15) is 0 Å². The van der Waals surface area contributed by atoms with Crippen molar-refractivity contribution in [3.63, 3.8) is 0 Å². The third-order valence-corrected chi connectivity index (χ3v) is 3.62. The molecule has 0 aliphatic carbocycles. The summed E-state index contributed by atoms with van der Waals surface area (Å²) in [6.45, 7) is 0. The lowest BCUT2D eigenvalue weighted by Gasteiger charge is -2.19. The van der Waals surface area contributed by atoms with E-state index < -0.39 is 0 Å². The summed E-state index contributed by atoms with van der Waals surface area (Å²) in [5.41, 5.74) is 6.56. The van der Waals surface area contributed by atoms with E-state index in [0.29, 0.717) is 11.1 Å². The van der Waals surface area contributed by atoms with Gasteiger partial charge in [0.1, 0.15) is 5.82 Å². The van der Waals surface area contributed by atoms with E-state index in [1.54, 1.807) is 0 Å². The Bertz CT molecular complexity index is 267. The molecule has 0 aromatic carbocycles. The van der Waals surface area contributed by atoms with Crippen LogP contribution < -0.4 is 5.73 Å². The Morgan fingerprint density at radius 1 is 1.31 bits per heavy atom. The molecule has 0 bridgehead atoms. The molecule has 1 aromatic heterocycles. The summed E-state index contributed by atoms with van der Waals surface area (Å²) >= 11 is 1.98. The van der Waals surface area contributed by atoms with Crippen molar-refractivity contribution in [3.8, 4) is 0 Å². The lowest BCUT2D eigenvalue weighted by Crippen LogP contribution is -2.05. The Morgan fingerprint density at radius 3 is 2.85 bits per heavy atom. The van der Waals surface area contributed by atoms with Crippen molar-refractivity contribution in [3.05, 3.63) is 17.8 Å². The normalized spacial score (nSPS) is 22.9. The summed E-state index contributed by atoms with van der Waals surface area (Å²) in [7, 11) is 0. The molecule has 1 aliphatic heterocycles. The van der Waals surface area contributed by atoms with Gasteiger partial charge in [-0.15, -0.1) is 5.10 Å². The Hall–Kier alpha value is -0.770. The first-order chi connectivity index (χ1) is 6.36. The molecule has 1 fully saturated rings. The van der Waals surface area contributed by atoms with Crippen LogP contribution in [-0.4, -0.2) is 16.0 Å². The van der Waals surface area contributed by atoms with Gasteiger partial charge in [0.25, 0.3) is 0 Å². The van der Waals surface area contributed by atoms with Crippen molar-refractivity contribution < 1.29 is 0 Å². The molecule has 70 valence electrons. The van der Waals surface area contributed by atoms with Crippen LogP contribution in [0.3, 0.4) is 0 Å². The average molecular weight is 195 g/mol. The van der Waals surface area contributed by atoms with Gasteiger partial charge in [-0.25, -0.2) is 0 Å². The van der Waals surface area contributed by atoms with Gasteiger partial charge in [-0.3, -0.25) is 0 Å². The lowest BCUT2D eigenvalue weighted by molar-refractivity contribution is 0.669. The first-order valence-electron chi connectivity index (χ1n) is 4.57. The highest BCUT2D eigenvalue weighted by molar-refractivity contribution is 7.99. The highest BCUT2D eigenvalue weighted by Gasteiger charge is 2.17. The van der Waals surface area contributed by atoms with Gasteiger partial charge in [0.05, 0.1) is 5.69 Å². The molecule has 2 heterocycles. The average Bonchev–Trinajstić information content (AvgIpc) is 2.20. The third-order valence-electron chi connectivity index (χ3n) is 2.22. The molecule has 1 atom stereocenters. The number of nitrogen functional groups attached to an aromatic ring is 1. The summed E-state index contributed by atoms with van der Waals surface area (Å²) in [5, 5.41) is 8.52. The van der Waals surface area contributed by atoms with Gasteiger partial charge < -0.3 is 5.73 Å². The van der Waals surface area contributed by atoms with E-state index in [-0.39, 0.29) is 0 Å². The number of aromatic nitrogens is 2. The Morgan fingerprint density at radius 2 is 2.23 bits per heavy atom. The number of anilines is 1. The molecule has 1 aliphatic rings. The molecule has 13 heavy (non-hydrogen) atoms. The van der Waals surface area contributed by atoms with E-state index in [4.69, 9.17) is 5.73 Å². The predicted octanol–water partition coefficient (Wildman–Crippen LogP) is 2.02. The molecule has 1 aromatic rings. The van der Waals surface area contributed by atoms with E-state index >= 15 is 0 Å². The zero-order chi connectivity index (χ0) is 9.10. The van der Waals surface area contributed by atoms with Crippen LogP contribution in [0.15, 0.2) is 12.1 Å². The minimum atomic E-state index is 0.504. The number of thioether (sulfide) groups is 1. The molecule has 0 radical (unpaired) electrons. The number of rotatable bonds is 1. The van der Waals surface area contributed by atoms with Crippen molar-refractivity contribution >= 4 is 17.6 Å². The summed E-state index contributed by atoms with van der Waals surface area (Å²) < 4.78 is 0. The van der Waals surface area contributed by atoms with Gasteiger partial charge in [-0.1, -0.05) is 6.42 Å². The summed E-state index contributed by atoms with van der Waals surface area (Å²) in [4.78, 5) is 0. The molecular formula is C9H13N3S. The van der Waals surface area contributed by atoms with E-state index in [1.165, 1.54) is 25.0 Å². The van der Waals surface area contributed by atoms with Gasteiger partial charge in [-0.05, 0) is 30.7 Å². The van der Waals surface area contributed by atoms with Crippen LogP contribution in [0.1, 0.15) is 30.2 Å². The second-order valence-electron chi connectivity index (χ2n) is 3.24. The zero-order valence-corrected chi connectivity index (χ0v) is 8.26. The van der Waals surface area contributed by atoms with Crippen molar-refractivity contribution in [2.75, 3.05) is 11.5 Å². The maximum Gasteiger partial charge on any atom is 0.146 e. The molecule has 2 N–H and O–H groups in total. The monoisotopic (exact) mass is 195 g/mol. The molecule has 1 unspecified atom stereocenters. The second-order valence-corrected chi connectivity index (χ2v) is 4.55. The maximum absolute atomic E-state index is 5.48. The SMILES string of the molecule is Nc1ccc(C2CCCCS2)nn1. The minimum absolute atomic E-state index is 0.504. The molecule has 0 amide bonds. The Balaban J connectivity index is 2.10. The van der Waals surface area contributed by atoms with Crippen molar-refractivity contribution in [2.45, 2.75) is 24.5 Å². The number of nitrogens with zero attached hydrogens (tertiary/aromatic N) is 2. The standard InChI is InChI=1S/C9H13N3S/c10-9-5-4-7(11-12-9)8-3-1-2-6-13-8/h4-5,8H,1-3,6H2,(H2,10,12). The predicted molar refractivity (Wildman–Crippen MR) is 55.5 cm³/mol. The van der Waals surface area contributed by atoms with Crippen LogP contribution in [0.4, 0.5) is 5.82 Å². The van der Waals surface area contributed by atoms with Gasteiger partial charge in [-0.2, -0.15) is 16.9 Å². The highest BCUT2D eigenvalue weighted by Crippen LogP contribution is 2.36. The lowest BCUT2D eigenvalue weighted by atomic mass is 10.1. The quantitative estimate of drug-likeness (QED) is 0.744. The van der Waals surface area contributed by atoms with Gasteiger partial charge in [0.2, 0.25) is 0 Å². The largest absolute Gasteiger partial charge is 0.382 e. The Kier molecular flexibility index (Phi) is 2.68. The molecule has 1 saturated heterocycles. The molecule has 4 heteroatoms. The van der Waals surface area contributed by atoms with Crippen LogP contribution in [-0.2, 0) is 0 Å². The van der Waals surface area contributed by atoms with Crippen molar-refractivity contribution in [2.24, 2.45) is 0 Å². The summed E-state index contributed by atoms with van der Waals surface area (Å²) in [5.74, 6) is 1.75. The van der Waals surface area contributed by atoms with Crippen LogP contribution in [0.5, 0.6) is 0 Å². The highest BCUT2D eigenvalue weighted by atomic mass is 32.2. The molecule has 3 nitrogen and oxygen atoms in total. The summed E-state index contributed by atoms with van der Waals surface area (Å²) in [6, 6.07) is 3.82. The third kappa shape index (κ3) is 2.12. The summed E-state index contributed by atoms with van der Waals surface area (Å²) in [6.07, 6.45) is 3.87. The first kappa shape index (κ1) is 8.81. The van der Waals surface area contributed by atoms with Crippen LogP contribution in [0.25, 0.3) is 0 Å². The van der Waals surface area contributed by atoms with Crippen molar-refractivity contribution in [1.29, 1.82) is 0 Å². The first-order valence-corrected chi connectivity index (χ1v) is 5.62. The van der Waals surface area contributed by atoms with Crippen LogP contribution in [0.2, 0.25) is 0 Å². The topological polar surface area (TPSA) is 51.8 Å². The van der Waals surface area contributed by atoms with Crippen molar-refractivity contribution in [1.82, 2.24) is 10.2 Å². The Labute approximate surface area is 82.1 Å². The zero-order valence-electron chi connectivity index (χ0n) is 7.44. The fourth-order valence-corrected chi connectivity index (χ4v) is 2.78. The van der Waals surface area contributed by atoms with E-state index in [2.05, 4.69) is 10.2 Å². The number of nitrogens with two attached hydrogens (primary N) is 1. The van der Waals surface area contributed by atoms with Gasteiger partial charge in [0, 0.05) is 5.25 Å². The molecule has 0 saturated carbocycles. The van der Waals surface area contributed by atoms with E-state index in [1.807, 2.05) is 23.9 Å².